The van der Waals surface area contributed by atoms with Crippen molar-refractivity contribution in [3.05, 3.63) is 36.4 Å². The number of piperidine rings is 1. The van der Waals surface area contributed by atoms with E-state index in [2.05, 4.69) is 10.5 Å². The smallest absolute Gasteiger partial charge is 0.323 e. The van der Waals surface area contributed by atoms with Crippen LogP contribution in [0.3, 0.4) is 0 Å². The van der Waals surface area contributed by atoms with Gasteiger partial charge < -0.3 is 15.2 Å². The number of amides is 3. The van der Waals surface area contributed by atoms with Crippen LogP contribution in [0.1, 0.15) is 12.8 Å². The molecular formula is C16H18N4O3. The predicted octanol–water partition coefficient (Wildman–Crippen LogP) is 2.07. The van der Waals surface area contributed by atoms with Crippen LogP contribution in [0.4, 0.5) is 10.6 Å². The summed E-state index contributed by atoms with van der Waals surface area (Å²) in [6.45, 7) is 1.01. The molecule has 0 atom stereocenters. The molecule has 0 aliphatic carbocycles. The van der Waals surface area contributed by atoms with E-state index in [4.69, 9.17) is 10.3 Å². The second-order valence-electron chi connectivity index (χ2n) is 5.54. The number of nitrogens with zero attached hydrogens (tertiary/aromatic N) is 2. The normalized spacial score (nSPS) is 15.4. The number of likely N-dealkylation sites (tertiary alicyclic amines) is 1. The number of rotatable bonds is 3. The Morgan fingerprint density at radius 2 is 1.91 bits per heavy atom. The highest BCUT2D eigenvalue weighted by Crippen LogP contribution is 2.23. The SMILES string of the molecule is NC(=O)C1CCN(C(=O)Nc2cc(-c3ccccc3)on2)CC1. The first-order valence-electron chi connectivity index (χ1n) is 7.51. The molecule has 0 spiro atoms. The van der Waals surface area contributed by atoms with Crippen molar-refractivity contribution in [2.45, 2.75) is 12.8 Å². The second-order valence-corrected chi connectivity index (χ2v) is 5.54. The maximum absolute atomic E-state index is 12.2. The van der Waals surface area contributed by atoms with Crippen molar-refractivity contribution < 1.29 is 14.1 Å². The Morgan fingerprint density at radius 3 is 2.57 bits per heavy atom. The standard InChI is InChI=1S/C16H18N4O3/c17-15(21)12-6-8-20(9-7-12)16(22)18-14-10-13(23-19-14)11-4-2-1-3-5-11/h1-5,10,12H,6-9H2,(H2,17,21)(H,18,19,22). The molecule has 2 heterocycles. The van der Waals surface area contributed by atoms with Crippen molar-refractivity contribution in [2.75, 3.05) is 18.4 Å². The Labute approximate surface area is 133 Å². The summed E-state index contributed by atoms with van der Waals surface area (Å²) in [6, 6.07) is 11.0. The van der Waals surface area contributed by atoms with Gasteiger partial charge in [0, 0.05) is 30.6 Å². The minimum absolute atomic E-state index is 0.143. The molecule has 120 valence electrons. The Bertz CT molecular complexity index is 690. The number of aromatic nitrogens is 1. The molecule has 1 aliphatic heterocycles. The van der Waals surface area contributed by atoms with Crippen LogP contribution in [0.5, 0.6) is 0 Å². The molecule has 23 heavy (non-hydrogen) atoms. The van der Waals surface area contributed by atoms with Gasteiger partial charge in [-0.2, -0.15) is 0 Å². The van der Waals surface area contributed by atoms with Crippen LogP contribution in [-0.4, -0.2) is 35.1 Å². The van der Waals surface area contributed by atoms with Gasteiger partial charge in [0.15, 0.2) is 11.6 Å². The van der Waals surface area contributed by atoms with E-state index < -0.39 is 0 Å². The van der Waals surface area contributed by atoms with E-state index in [0.29, 0.717) is 37.5 Å². The lowest BCUT2D eigenvalue weighted by Crippen LogP contribution is -2.43. The quantitative estimate of drug-likeness (QED) is 0.905. The first-order valence-corrected chi connectivity index (χ1v) is 7.51. The second kappa shape index (κ2) is 6.51. The molecule has 0 radical (unpaired) electrons. The van der Waals surface area contributed by atoms with Crippen LogP contribution < -0.4 is 11.1 Å². The molecule has 7 heteroatoms. The average Bonchev–Trinajstić information content (AvgIpc) is 3.04. The summed E-state index contributed by atoms with van der Waals surface area (Å²) in [6.07, 6.45) is 1.19. The molecule has 1 saturated heterocycles. The van der Waals surface area contributed by atoms with Gasteiger partial charge in [-0.05, 0) is 12.8 Å². The number of nitrogens with two attached hydrogens (primary N) is 1. The zero-order valence-corrected chi connectivity index (χ0v) is 12.6. The fourth-order valence-electron chi connectivity index (χ4n) is 2.63. The van der Waals surface area contributed by atoms with E-state index in [0.717, 1.165) is 5.56 Å². The van der Waals surface area contributed by atoms with E-state index >= 15 is 0 Å². The summed E-state index contributed by atoms with van der Waals surface area (Å²) in [5.41, 5.74) is 6.18. The van der Waals surface area contributed by atoms with Gasteiger partial charge in [-0.15, -0.1) is 0 Å². The zero-order chi connectivity index (χ0) is 16.2. The highest BCUT2D eigenvalue weighted by atomic mass is 16.5. The topological polar surface area (TPSA) is 101 Å². The third kappa shape index (κ3) is 3.50. The van der Waals surface area contributed by atoms with Crippen molar-refractivity contribution in [1.82, 2.24) is 10.1 Å². The van der Waals surface area contributed by atoms with Gasteiger partial charge in [0.2, 0.25) is 5.91 Å². The summed E-state index contributed by atoms with van der Waals surface area (Å²) >= 11 is 0. The van der Waals surface area contributed by atoms with Gasteiger partial charge in [0.05, 0.1) is 0 Å². The number of primary amides is 1. The largest absolute Gasteiger partial charge is 0.369 e. The van der Waals surface area contributed by atoms with E-state index in [1.807, 2.05) is 30.3 Å². The van der Waals surface area contributed by atoms with Crippen LogP contribution in [0, 0.1) is 5.92 Å². The number of carbonyl (C=O) groups excluding carboxylic acids is 2. The highest BCUT2D eigenvalue weighted by molar-refractivity contribution is 5.89. The molecule has 0 bridgehead atoms. The van der Waals surface area contributed by atoms with E-state index in [1.165, 1.54) is 0 Å². The maximum Gasteiger partial charge on any atom is 0.323 e. The highest BCUT2D eigenvalue weighted by Gasteiger charge is 2.26. The summed E-state index contributed by atoms with van der Waals surface area (Å²) < 4.78 is 5.24. The number of benzene rings is 1. The number of hydrogen-bond donors (Lipinski definition) is 2. The number of carbonyl (C=O) groups is 2. The van der Waals surface area contributed by atoms with Gasteiger partial charge >= 0.3 is 6.03 Å². The molecule has 3 amide bonds. The van der Waals surface area contributed by atoms with Gasteiger partial charge in [0.1, 0.15) is 0 Å². The van der Waals surface area contributed by atoms with Crippen molar-refractivity contribution >= 4 is 17.8 Å². The average molecular weight is 314 g/mol. The van der Waals surface area contributed by atoms with E-state index in [1.54, 1.807) is 11.0 Å². The molecule has 0 saturated carbocycles. The van der Waals surface area contributed by atoms with Gasteiger partial charge in [-0.1, -0.05) is 35.5 Å². The molecular weight excluding hydrogens is 296 g/mol. The van der Waals surface area contributed by atoms with E-state index in [9.17, 15) is 9.59 Å². The zero-order valence-electron chi connectivity index (χ0n) is 12.6. The summed E-state index contributed by atoms with van der Waals surface area (Å²) in [4.78, 5) is 25.0. The fourth-order valence-corrected chi connectivity index (χ4v) is 2.63. The van der Waals surface area contributed by atoms with Crippen LogP contribution in [0.15, 0.2) is 40.9 Å². The first kappa shape index (κ1) is 15.1. The molecule has 1 aliphatic rings. The van der Waals surface area contributed by atoms with Crippen LogP contribution in [0.25, 0.3) is 11.3 Å². The lowest BCUT2D eigenvalue weighted by molar-refractivity contribution is -0.122. The van der Waals surface area contributed by atoms with Crippen LogP contribution >= 0.6 is 0 Å². The molecule has 7 nitrogen and oxygen atoms in total. The summed E-state index contributed by atoms with van der Waals surface area (Å²) in [5.74, 6) is 0.518. The van der Waals surface area contributed by atoms with Crippen LogP contribution in [0.2, 0.25) is 0 Å². The Hall–Kier alpha value is -2.83. The molecule has 1 fully saturated rings. The number of urea groups is 1. The third-order valence-corrected chi connectivity index (χ3v) is 3.99. The predicted molar refractivity (Wildman–Crippen MR) is 84.4 cm³/mol. The molecule has 1 aromatic carbocycles. The van der Waals surface area contributed by atoms with Crippen molar-refractivity contribution in [3.63, 3.8) is 0 Å². The van der Waals surface area contributed by atoms with Crippen molar-refractivity contribution in [3.8, 4) is 11.3 Å². The lowest BCUT2D eigenvalue weighted by Gasteiger charge is -2.30. The molecule has 3 rings (SSSR count). The van der Waals surface area contributed by atoms with Gasteiger partial charge in [-0.3, -0.25) is 10.1 Å². The fraction of sp³-hybridized carbons (Fsp3) is 0.312. The number of nitrogens with one attached hydrogen (secondary N) is 1. The monoisotopic (exact) mass is 314 g/mol. The van der Waals surface area contributed by atoms with Crippen molar-refractivity contribution in [1.29, 1.82) is 0 Å². The molecule has 0 unspecified atom stereocenters. The number of hydrogen-bond acceptors (Lipinski definition) is 4. The maximum atomic E-state index is 12.2. The third-order valence-electron chi connectivity index (χ3n) is 3.99. The molecule has 2 aromatic rings. The van der Waals surface area contributed by atoms with Crippen molar-refractivity contribution in [2.24, 2.45) is 11.7 Å². The summed E-state index contributed by atoms with van der Waals surface area (Å²) in [5, 5.41) is 6.57. The van der Waals surface area contributed by atoms with E-state index in [-0.39, 0.29) is 17.9 Å². The van der Waals surface area contributed by atoms with Gasteiger partial charge in [0.25, 0.3) is 0 Å². The molecule has 3 N–H and O–H groups in total. The molecule has 1 aromatic heterocycles. The minimum atomic E-state index is -0.297. The first-order chi connectivity index (χ1) is 11.1. The summed E-state index contributed by atoms with van der Waals surface area (Å²) in [7, 11) is 0. The van der Waals surface area contributed by atoms with Gasteiger partial charge in [-0.25, -0.2) is 4.79 Å². The number of anilines is 1. The Balaban J connectivity index is 1.59. The van der Waals surface area contributed by atoms with Crippen LogP contribution in [-0.2, 0) is 4.79 Å². The lowest BCUT2D eigenvalue weighted by atomic mass is 9.96. The Kier molecular flexibility index (Phi) is 4.27. The Morgan fingerprint density at radius 1 is 1.22 bits per heavy atom. The minimum Gasteiger partial charge on any atom is -0.369 e.